The Labute approximate surface area is 91.5 Å². The highest BCUT2D eigenvalue weighted by molar-refractivity contribution is 7.62. The molecule has 2 nitrogen and oxygen atoms in total. The van der Waals surface area contributed by atoms with Crippen molar-refractivity contribution in [3.05, 3.63) is 35.9 Å². The Balaban J connectivity index is 1.91. The minimum Gasteiger partial charge on any atom is -0.307 e. The van der Waals surface area contributed by atoms with Crippen molar-refractivity contribution in [1.29, 1.82) is 0 Å². The van der Waals surface area contributed by atoms with Crippen LogP contribution in [0.2, 0.25) is 0 Å². The van der Waals surface area contributed by atoms with Gasteiger partial charge in [-0.15, -0.1) is 0 Å². The molecule has 1 aliphatic rings. The fourth-order valence-electron chi connectivity index (χ4n) is 2.09. The van der Waals surface area contributed by atoms with E-state index in [1.807, 2.05) is 18.2 Å². The van der Waals surface area contributed by atoms with Crippen LogP contribution in [-0.2, 0) is 11.1 Å². The van der Waals surface area contributed by atoms with Crippen LogP contribution in [0, 0.1) is 5.92 Å². The Kier molecular flexibility index (Phi) is 3.28. The summed E-state index contributed by atoms with van der Waals surface area (Å²) in [5.74, 6) is 0.624. The van der Waals surface area contributed by atoms with Crippen LogP contribution >= 0.6 is 7.29 Å². The first-order valence-corrected chi connectivity index (χ1v) is 7.63. The summed E-state index contributed by atoms with van der Waals surface area (Å²) >= 11 is 0. The average Bonchev–Trinajstić information content (AvgIpc) is 2.58. The lowest BCUT2D eigenvalue weighted by atomic mass is 10.2. The Hall–Kier alpha value is -0.590. The molecular weight excluding hydrogens is 205 g/mol. The van der Waals surface area contributed by atoms with Gasteiger partial charge in [-0.3, -0.25) is 5.09 Å². The molecule has 1 heterocycles. The number of rotatable bonds is 3. The molecular formula is C12H18NOP. The molecule has 2 unspecified atom stereocenters. The van der Waals surface area contributed by atoms with Crippen molar-refractivity contribution in [2.75, 3.05) is 12.3 Å². The lowest BCUT2D eigenvalue weighted by molar-refractivity contribution is 0.566. The van der Waals surface area contributed by atoms with Crippen LogP contribution in [0.3, 0.4) is 0 Å². The van der Waals surface area contributed by atoms with E-state index in [0.29, 0.717) is 5.92 Å². The lowest BCUT2D eigenvalue weighted by Gasteiger charge is -2.13. The van der Waals surface area contributed by atoms with Crippen LogP contribution in [0.25, 0.3) is 0 Å². The van der Waals surface area contributed by atoms with Gasteiger partial charge in [-0.1, -0.05) is 37.3 Å². The normalized spacial score (nSPS) is 30.6. The second-order valence-electron chi connectivity index (χ2n) is 4.51. The first-order valence-electron chi connectivity index (χ1n) is 5.55. The van der Waals surface area contributed by atoms with Crippen molar-refractivity contribution < 1.29 is 4.57 Å². The van der Waals surface area contributed by atoms with Gasteiger partial charge >= 0.3 is 0 Å². The zero-order valence-electron chi connectivity index (χ0n) is 9.15. The molecule has 1 aliphatic heterocycles. The number of hydrogen-bond donors (Lipinski definition) is 1. The van der Waals surface area contributed by atoms with Crippen molar-refractivity contribution >= 4 is 7.29 Å². The van der Waals surface area contributed by atoms with Gasteiger partial charge in [-0.2, -0.15) is 0 Å². The van der Waals surface area contributed by atoms with Crippen LogP contribution in [0.1, 0.15) is 18.9 Å². The summed E-state index contributed by atoms with van der Waals surface area (Å²) < 4.78 is 12.3. The zero-order chi connectivity index (χ0) is 10.7. The van der Waals surface area contributed by atoms with Crippen LogP contribution in [0.5, 0.6) is 0 Å². The van der Waals surface area contributed by atoms with Crippen LogP contribution in [0.15, 0.2) is 30.3 Å². The number of hydrogen-bond acceptors (Lipinski definition) is 1. The lowest BCUT2D eigenvalue weighted by Crippen LogP contribution is -2.11. The van der Waals surface area contributed by atoms with Crippen LogP contribution < -0.4 is 5.09 Å². The number of nitrogens with one attached hydrogen (secondary N) is 1. The summed E-state index contributed by atoms with van der Waals surface area (Å²) in [4.78, 5) is 0. The Morgan fingerprint density at radius 3 is 2.73 bits per heavy atom. The van der Waals surface area contributed by atoms with E-state index in [9.17, 15) is 4.57 Å². The number of benzene rings is 1. The molecule has 2 atom stereocenters. The molecule has 0 aliphatic carbocycles. The molecule has 15 heavy (non-hydrogen) atoms. The Bertz CT molecular complexity index is 363. The van der Waals surface area contributed by atoms with Crippen molar-refractivity contribution in [2.24, 2.45) is 5.92 Å². The molecule has 82 valence electrons. The molecule has 1 fully saturated rings. The molecule has 0 bridgehead atoms. The second-order valence-corrected chi connectivity index (χ2v) is 7.42. The van der Waals surface area contributed by atoms with E-state index < -0.39 is 7.29 Å². The summed E-state index contributed by atoms with van der Waals surface area (Å²) in [5.41, 5.74) is 1.22. The molecule has 0 saturated carbocycles. The summed E-state index contributed by atoms with van der Waals surface area (Å²) in [7, 11) is -2.04. The highest BCUT2D eigenvalue weighted by atomic mass is 31.2. The predicted octanol–water partition coefficient (Wildman–Crippen LogP) is 3.09. The van der Waals surface area contributed by atoms with Gasteiger partial charge in [0.25, 0.3) is 0 Å². The van der Waals surface area contributed by atoms with Gasteiger partial charge in [0, 0.05) is 18.9 Å². The largest absolute Gasteiger partial charge is 0.307 e. The molecule has 0 amide bonds. The smallest absolute Gasteiger partial charge is 0.148 e. The minimum absolute atomic E-state index is 0.624. The van der Waals surface area contributed by atoms with Crippen molar-refractivity contribution in [3.8, 4) is 0 Å². The van der Waals surface area contributed by atoms with Gasteiger partial charge in [-0.25, -0.2) is 0 Å². The zero-order valence-corrected chi connectivity index (χ0v) is 10.0. The van der Waals surface area contributed by atoms with Crippen molar-refractivity contribution in [2.45, 2.75) is 19.9 Å². The molecule has 1 N–H and O–H groups in total. The fraction of sp³-hybridized carbons (Fsp3) is 0.500. The molecule has 0 spiro atoms. The van der Waals surface area contributed by atoms with Crippen LogP contribution in [0.4, 0.5) is 0 Å². The third-order valence-electron chi connectivity index (χ3n) is 3.00. The maximum Gasteiger partial charge on any atom is 0.148 e. The molecule has 0 aromatic heterocycles. The Morgan fingerprint density at radius 2 is 2.13 bits per heavy atom. The van der Waals surface area contributed by atoms with Gasteiger partial charge in [0.1, 0.15) is 7.29 Å². The summed E-state index contributed by atoms with van der Waals surface area (Å²) in [6.07, 6.45) is 2.86. The van der Waals surface area contributed by atoms with Crippen molar-refractivity contribution in [3.63, 3.8) is 0 Å². The summed E-state index contributed by atoms with van der Waals surface area (Å²) in [6, 6.07) is 10.2. The van der Waals surface area contributed by atoms with E-state index in [1.54, 1.807) is 0 Å². The van der Waals surface area contributed by atoms with Gasteiger partial charge < -0.3 is 4.57 Å². The third-order valence-corrected chi connectivity index (χ3v) is 5.93. The summed E-state index contributed by atoms with van der Waals surface area (Å²) in [6.45, 7) is 2.93. The van der Waals surface area contributed by atoms with E-state index in [0.717, 1.165) is 25.3 Å². The second kappa shape index (κ2) is 4.51. The van der Waals surface area contributed by atoms with E-state index in [1.165, 1.54) is 5.56 Å². The first-order chi connectivity index (χ1) is 7.18. The van der Waals surface area contributed by atoms with Crippen molar-refractivity contribution in [1.82, 2.24) is 5.09 Å². The molecule has 3 heteroatoms. The summed E-state index contributed by atoms with van der Waals surface area (Å²) in [5, 5.41) is 3.26. The molecule has 0 radical (unpaired) electrons. The van der Waals surface area contributed by atoms with E-state index in [2.05, 4.69) is 24.1 Å². The fourth-order valence-corrected chi connectivity index (χ4v) is 5.08. The highest BCUT2D eigenvalue weighted by Crippen LogP contribution is 2.50. The first kappa shape index (κ1) is 10.9. The average molecular weight is 223 g/mol. The maximum absolute atomic E-state index is 12.3. The topological polar surface area (TPSA) is 29.1 Å². The highest BCUT2D eigenvalue weighted by Gasteiger charge is 2.30. The van der Waals surface area contributed by atoms with Gasteiger partial charge in [-0.05, 0) is 17.9 Å². The van der Waals surface area contributed by atoms with E-state index >= 15 is 0 Å². The predicted molar refractivity (Wildman–Crippen MR) is 64.4 cm³/mol. The van der Waals surface area contributed by atoms with E-state index in [4.69, 9.17) is 0 Å². The Morgan fingerprint density at radius 1 is 1.40 bits per heavy atom. The quantitative estimate of drug-likeness (QED) is 0.798. The van der Waals surface area contributed by atoms with Gasteiger partial charge in [0.05, 0.1) is 0 Å². The standard InChI is InChI=1S/C12H18NOP/c1-11-7-8-15(14,10-11)13-9-12-5-3-2-4-6-12/h2-6,11H,7-10H2,1H3,(H,13,14). The molecule has 1 saturated heterocycles. The van der Waals surface area contributed by atoms with Gasteiger partial charge in [0.15, 0.2) is 0 Å². The van der Waals surface area contributed by atoms with Gasteiger partial charge in [0.2, 0.25) is 0 Å². The molecule has 1 aromatic rings. The minimum atomic E-state index is -2.04. The van der Waals surface area contributed by atoms with E-state index in [-0.39, 0.29) is 0 Å². The SMILES string of the molecule is CC1CCP(=O)(NCc2ccccc2)C1. The monoisotopic (exact) mass is 223 g/mol. The molecule has 1 aromatic carbocycles. The van der Waals surface area contributed by atoms with Crippen LogP contribution in [-0.4, -0.2) is 12.3 Å². The maximum atomic E-state index is 12.3. The third kappa shape index (κ3) is 2.93. The molecule has 2 rings (SSSR count).